The van der Waals surface area contributed by atoms with Crippen LogP contribution in [0.1, 0.15) is 489 Å². The van der Waals surface area contributed by atoms with E-state index in [4.69, 9.17) is 4.74 Å². The second-order valence-electron chi connectivity index (χ2n) is 28.8. The standard InChI is InChI=1S/C82H163NO5/c1-3-5-7-9-11-13-15-17-19-20-21-22-34-37-40-43-47-50-54-58-62-66-70-74-80(85)79(78-84)83-81(86)75-71-67-63-59-55-51-48-44-41-38-35-32-30-28-26-24-23-25-27-29-31-33-36-39-42-45-49-53-57-61-65-69-73-77-88-82(87)76-72-68-64-60-56-52-46-18-16-14-12-10-8-6-4-2/h79-80,84-85H,3-78H2,1-2H3,(H,83,86). The molecule has 0 saturated heterocycles. The van der Waals surface area contributed by atoms with E-state index in [1.54, 1.807) is 0 Å². The summed E-state index contributed by atoms with van der Waals surface area (Å²) in [5.41, 5.74) is 0. The highest BCUT2D eigenvalue weighted by atomic mass is 16.5. The van der Waals surface area contributed by atoms with Crippen LogP contribution < -0.4 is 5.32 Å². The fraction of sp³-hybridized carbons (Fsp3) is 0.976. The van der Waals surface area contributed by atoms with Crippen molar-refractivity contribution in [3.8, 4) is 0 Å². The summed E-state index contributed by atoms with van der Waals surface area (Å²) in [5, 5.41) is 23.5. The van der Waals surface area contributed by atoms with E-state index in [1.807, 2.05) is 0 Å². The third kappa shape index (κ3) is 73.9. The molecule has 0 aliphatic carbocycles. The van der Waals surface area contributed by atoms with Crippen LogP contribution in [-0.2, 0) is 14.3 Å². The molecule has 2 unspecified atom stereocenters. The summed E-state index contributed by atoms with van der Waals surface area (Å²) in [4.78, 5) is 24.7. The predicted molar refractivity (Wildman–Crippen MR) is 389 cm³/mol. The van der Waals surface area contributed by atoms with Gasteiger partial charge in [0.1, 0.15) is 0 Å². The van der Waals surface area contributed by atoms with Gasteiger partial charge in [-0.15, -0.1) is 0 Å². The number of amides is 1. The zero-order valence-electron chi connectivity index (χ0n) is 60.5. The molecule has 1 amide bonds. The van der Waals surface area contributed by atoms with Crippen molar-refractivity contribution in [3.05, 3.63) is 0 Å². The monoisotopic (exact) mass is 1240 g/mol. The Labute approximate surface area is 553 Å². The van der Waals surface area contributed by atoms with E-state index in [2.05, 4.69) is 19.2 Å². The molecule has 0 aromatic heterocycles. The van der Waals surface area contributed by atoms with Crippen molar-refractivity contribution in [1.29, 1.82) is 0 Å². The smallest absolute Gasteiger partial charge is 0.305 e. The van der Waals surface area contributed by atoms with Crippen LogP contribution >= 0.6 is 0 Å². The fourth-order valence-electron chi connectivity index (χ4n) is 13.6. The average Bonchev–Trinajstić information content (AvgIpc) is 3.58. The lowest BCUT2D eigenvalue weighted by atomic mass is 10.0. The van der Waals surface area contributed by atoms with E-state index in [1.165, 1.54) is 417 Å². The highest BCUT2D eigenvalue weighted by Crippen LogP contribution is 2.21. The molecule has 0 aromatic rings. The normalized spacial score (nSPS) is 12.4. The molecular weight excluding hydrogens is 1080 g/mol. The third-order valence-electron chi connectivity index (χ3n) is 19.9. The number of aliphatic hydroxyl groups excluding tert-OH is 2. The maximum absolute atomic E-state index is 12.6. The van der Waals surface area contributed by atoms with Crippen molar-refractivity contribution in [2.24, 2.45) is 0 Å². The van der Waals surface area contributed by atoms with Gasteiger partial charge in [-0.1, -0.05) is 450 Å². The molecular formula is C82H163NO5. The van der Waals surface area contributed by atoms with E-state index >= 15 is 0 Å². The van der Waals surface area contributed by atoms with Gasteiger partial charge in [0, 0.05) is 12.8 Å². The van der Waals surface area contributed by atoms with E-state index < -0.39 is 12.1 Å². The summed E-state index contributed by atoms with van der Waals surface area (Å²) in [6.45, 7) is 5.02. The number of unbranched alkanes of at least 4 members (excludes halogenated alkanes) is 68. The van der Waals surface area contributed by atoms with Crippen LogP contribution in [0.2, 0.25) is 0 Å². The van der Waals surface area contributed by atoms with Gasteiger partial charge in [0.15, 0.2) is 0 Å². The van der Waals surface area contributed by atoms with Crippen molar-refractivity contribution in [3.63, 3.8) is 0 Å². The number of hydrogen-bond donors (Lipinski definition) is 3. The van der Waals surface area contributed by atoms with Crippen LogP contribution in [0.5, 0.6) is 0 Å². The lowest BCUT2D eigenvalue weighted by molar-refractivity contribution is -0.143. The summed E-state index contributed by atoms with van der Waals surface area (Å²) in [6, 6.07) is -0.538. The van der Waals surface area contributed by atoms with Crippen LogP contribution in [0.4, 0.5) is 0 Å². The van der Waals surface area contributed by atoms with Gasteiger partial charge in [-0.25, -0.2) is 0 Å². The van der Waals surface area contributed by atoms with Gasteiger partial charge in [-0.2, -0.15) is 0 Å². The second-order valence-corrected chi connectivity index (χ2v) is 28.8. The first-order valence-electron chi connectivity index (χ1n) is 41.3. The molecule has 0 aliphatic rings. The number of hydrogen-bond acceptors (Lipinski definition) is 5. The molecule has 0 rings (SSSR count). The minimum absolute atomic E-state index is 0.0235. The van der Waals surface area contributed by atoms with Crippen molar-refractivity contribution in [2.45, 2.75) is 501 Å². The Morgan fingerprint density at radius 3 is 0.693 bits per heavy atom. The minimum atomic E-state index is -0.661. The molecule has 0 saturated carbocycles. The molecule has 6 heteroatoms. The number of carbonyl (C=O) groups is 2. The molecule has 0 heterocycles. The van der Waals surface area contributed by atoms with E-state index in [-0.39, 0.29) is 18.5 Å². The Morgan fingerprint density at radius 1 is 0.273 bits per heavy atom. The topological polar surface area (TPSA) is 95.9 Å². The Balaban J connectivity index is 3.31. The highest BCUT2D eigenvalue weighted by Gasteiger charge is 2.20. The van der Waals surface area contributed by atoms with Gasteiger partial charge in [-0.3, -0.25) is 9.59 Å². The number of nitrogens with one attached hydrogen (secondary N) is 1. The average molecular weight is 1240 g/mol. The largest absolute Gasteiger partial charge is 0.466 e. The van der Waals surface area contributed by atoms with E-state index in [0.29, 0.717) is 25.9 Å². The number of rotatable bonds is 79. The Kier molecular flexibility index (Phi) is 77.3. The molecule has 0 radical (unpaired) electrons. The molecule has 88 heavy (non-hydrogen) atoms. The van der Waals surface area contributed by atoms with Gasteiger partial charge >= 0.3 is 5.97 Å². The quantitative estimate of drug-likeness (QED) is 0.0417. The molecule has 0 aromatic carbocycles. The summed E-state index contributed by atoms with van der Waals surface area (Å²) in [6.07, 6.45) is 97.8. The first-order valence-corrected chi connectivity index (χ1v) is 41.3. The van der Waals surface area contributed by atoms with Gasteiger partial charge < -0.3 is 20.3 Å². The zero-order valence-corrected chi connectivity index (χ0v) is 60.5. The molecule has 526 valence electrons. The first kappa shape index (κ1) is 86.9. The summed E-state index contributed by atoms with van der Waals surface area (Å²) in [7, 11) is 0. The van der Waals surface area contributed by atoms with Crippen molar-refractivity contribution in [1.82, 2.24) is 5.32 Å². The SMILES string of the molecule is CCCCCCCCCCCCCCCCCCCCCCCCCC(O)C(CO)NC(=O)CCCCCCCCCCCCCCCCCCCCCCCCCCCCCCCCCCCOC(=O)CCCCCCCCCCCCCCCCC. The maximum Gasteiger partial charge on any atom is 0.305 e. The first-order chi connectivity index (χ1) is 43.5. The van der Waals surface area contributed by atoms with E-state index in [0.717, 1.165) is 38.5 Å². The van der Waals surface area contributed by atoms with Crippen LogP contribution in [0.3, 0.4) is 0 Å². The number of ether oxygens (including phenoxy) is 1. The van der Waals surface area contributed by atoms with Gasteiger partial charge in [0.2, 0.25) is 5.91 Å². The molecule has 0 spiro atoms. The molecule has 0 bridgehead atoms. The molecule has 6 nitrogen and oxygen atoms in total. The number of aliphatic hydroxyl groups is 2. The van der Waals surface area contributed by atoms with Gasteiger partial charge in [0.05, 0.1) is 25.4 Å². The van der Waals surface area contributed by atoms with Crippen LogP contribution in [0, 0.1) is 0 Å². The van der Waals surface area contributed by atoms with Crippen LogP contribution in [0.15, 0.2) is 0 Å². The Bertz CT molecular complexity index is 1290. The molecule has 0 fully saturated rings. The lowest BCUT2D eigenvalue weighted by Crippen LogP contribution is -2.45. The van der Waals surface area contributed by atoms with Gasteiger partial charge in [0.25, 0.3) is 0 Å². The predicted octanol–water partition coefficient (Wildman–Crippen LogP) is 27.3. The second kappa shape index (κ2) is 78.3. The van der Waals surface area contributed by atoms with E-state index in [9.17, 15) is 19.8 Å². The minimum Gasteiger partial charge on any atom is -0.466 e. The van der Waals surface area contributed by atoms with Crippen molar-refractivity contribution < 1.29 is 24.5 Å². The number of esters is 1. The van der Waals surface area contributed by atoms with Crippen molar-refractivity contribution in [2.75, 3.05) is 13.2 Å². The lowest BCUT2D eigenvalue weighted by Gasteiger charge is -2.22. The third-order valence-corrected chi connectivity index (χ3v) is 19.9. The van der Waals surface area contributed by atoms with Gasteiger partial charge in [-0.05, 0) is 25.7 Å². The Morgan fingerprint density at radius 2 is 0.466 bits per heavy atom. The molecule has 2 atom stereocenters. The zero-order chi connectivity index (χ0) is 63.5. The number of carbonyl (C=O) groups excluding carboxylic acids is 2. The summed E-state index contributed by atoms with van der Waals surface area (Å²) in [5.74, 6) is 0.00275. The maximum atomic E-state index is 12.6. The summed E-state index contributed by atoms with van der Waals surface area (Å²) < 4.78 is 5.51. The Hall–Kier alpha value is -1.14. The van der Waals surface area contributed by atoms with Crippen molar-refractivity contribution >= 4 is 11.9 Å². The highest BCUT2D eigenvalue weighted by molar-refractivity contribution is 5.76. The summed E-state index contributed by atoms with van der Waals surface area (Å²) >= 11 is 0. The van der Waals surface area contributed by atoms with Crippen LogP contribution in [0.25, 0.3) is 0 Å². The van der Waals surface area contributed by atoms with Crippen LogP contribution in [-0.4, -0.2) is 47.4 Å². The molecule has 0 aliphatic heterocycles. The fourth-order valence-corrected chi connectivity index (χ4v) is 13.6. The molecule has 3 N–H and O–H groups in total.